The monoisotopic (exact) mass is 249 g/mol. The summed E-state index contributed by atoms with van der Waals surface area (Å²) in [7, 11) is 0. The summed E-state index contributed by atoms with van der Waals surface area (Å²) < 4.78 is 13.0. The number of benzene rings is 1. The third-order valence-corrected chi connectivity index (χ3v) is 2.58. The molecule has 1 nitrogen and oxygen atoms in total. The Kier molecular flexibility index (Phi) is 2.52. The van der Waals surface area contributed by atoms with Gasteiger partial charge in [0.25, 0.3) is 0 Å². The molecule has 0 aliphatic rings. The van der Waals surface area contributed by atoms with Gasteiger partial charge in [0.2, 0.25) is 0 Å². The normalized spacial score (nSPS) is 10.9. The first-order valence-electron chi connectivity index (χ1n) is 3.69. The smallest absolute Gasteiger partial charge is 0.138 e. The van der Waals surface area contributed by atoms with Crippen molar-refractivity contribution < 1.29 is 4.39 Å². The fraction of sp³-hybridized carbons (Fsp3) is 0. The van der Waals surface area contributed by atoms with Crippen LogP contribution in [-0.4, -0.2) is 4.98 Å². The van der Waals surface area contributed by atoms with Crippen LogP contribution in [0.2, 0.25) is 15.3 Å². The van der Waals surface area contributed by atoms with Crippen molar-refractivity contribution in [3.05, 3.63) is 39.3 Å². The molecule has 2 rings (SSSR count). The van der Waals surface area contributed by atoms with Crippen molar-refractivity contribution in [3.63, 3.8) is 0 Å². The molecule has 72 valence electrons. The molecule has 0 unspecified atom stereocenters. The molecule has 0 radical (unpaired) electrons. The third kappa shape index (κ3) is 1.65. The van der Waals surface area contributed by atoms with Crippen LogP contribution in [0.1, 0.15) is 0 Å². The van der Waals surface area contributed by atoms with Crippen molar-refractivity contribution >= 4 is 45.6 Å². The van der Waals surface area contributed by atoms with E-state index in [4.69, 9.17) is 34.8 Å². The van der Waals surface area contributed by atoms with E-state index in [1.165, 1.54) is 12.1 Å². The molecule has 2 aromatic rings. The molecule has 0 aliphatic carbocycles. The molecule has 0 saturated heterocycles. The van der Waals surface area contributed by atoms with Gasteiger partial charge in [0.15, 0.2) is 0 Å². The number of rotatable bonds is 0. The zero-order chi connectivity index (χ0) is 10.3. The first-order chi connectivity index (χ1) is 6.58. The first-order valence-corrected chi connectivity index (χ1v) is 4.82. The van der Waals surface area contributed by atoms with E-state index in [2.05, 4.69) is 4.98 Å². The van der Waals surface area contributed by atoms with Gasteiger partial charge in [-0.25, -0.2) is 9.37 Å². The van der Waals surface area contributed by atoms with Crippen molar-refractivity contribution in [1.82, 2.24) is 4.98 Å². The van der Waals surface area contributed by atoms with Crippen LogP contribution in [0.15, 0.2) is 18.2 Å². The molecule has 0 spiro atoms. The summed E-state index contributed by atoms with van der Waals surface area (Å²) in [5.41, 5.74) is 0. The van der Waals surface area contributed by atoms with Crippen molar-refractivity contribution in [3.8, 4) is 0 Å². The average molecular weight is 250 g/mol. The largest absolute Gasteiger partial charge is 0.224 e. The van der Waals surface area contributed by atoms with E-state index in [0.717, 1.165) is 0 Å². The lowest BCUT2D eigenvalue weighted by Crippen LogP contribution is -1.84. The second-order valence-corrected chi connectivity index (χ2v) is 3.87. The van der Waals surface area contributed by atoms with Gasteiger partial charge in [-0.05, 0) is 18.2 Å². The van der Waals surface area contributed by atoms with Crippen LogP contribution in [0.3, 0.4) is 0 Å². The SMILES string of the molecule is Fc1cc(Cl)c2cc(Cl)nc(Cl)c2c1. The minimum absolute atomic E-state index is 0.147. The van der Waals surface area contributed by atoms with Crippen LogP contribution < -0.4 is 0 Å². The standard InChI is InChI=1S/C9H3Cl3FN/c10-7-2-4(13)1-6-5(7)3-8(11)14-9(6)12/h1-3H. The van der Waals surface area contributed by atoms with Crippen LogP contribution >= 0.6 is 34.8 Å². The Morgan fingerprint density at radius 2 is 1.71 bits per heavy atom. The lowest BCUT2D eigenvalue weighted by Gasteiger charge is -2.03. The van der Waals surface area contributed by atoms with Gasteiger partial charge in [-0.1, -0.05) is 34.8 Å². The fourth-order valence-corrected chi connectivity index (χ4v) is 1.95. The molecule has 0 saturated carbocycles. The van der Waals surface area contributed by atoms with E-state index in [0.29, 0.717) is 10.8 Å². The summed E-state index contributed by atoms with van der Waals surface area (Å²) in [6.45, 7) is 0. The Morgan fingerprint density at radius 1 is 1.00 bits per heavy atom. The zero-order valence-corrected chi connectivity index (χ0v) is 8.96. The molecule has 0 amide bonds. The number of pyridine rings is 1. The molecular formula is C9H3Cl3FN. The van der Waals surface area contributed by atoms with Crippen molar-refractivity contribution in [1.29, 1.82) is 0 Å². The van der Waals surface area contributed by atoms with E-state index in [1.54, 1.807) is 6.07 Å². The maximum absolute atomic E-state index is 13.0. The molecule has 1 aromatic carbocycles. The van der Waals surface area contributed by atoms with Gasteiger partial charge in [0.05, 0.1) is 5.02 Å². The fourth-order valence-electron chi connectivity index (χ4n) is 1.21. The molecule has 5 heteroatoms. The summed E-state index contributed by atoms with van der Waals surface area (Å²) in [5, 5.41) is 1.70. The average Bonchev–Trinajstić information content (AvgIpc) is 2.07. The molecule has 1 heterocycles. The Hall–Kier alpha value is -0.570. The number of fused-ring (bicyclic) bond motifs is 1. The summed E-state index contributed by atoms with van der Waals surface area (Å²) in [4.78, 5) is 3.79. The maximum Gasteiger partial charge on any atom is 0.138 e. The van der Waals surface area contributed by atoms with Gasteiger partial charge < -0.3 is 0 Å². The summed E-state index contributed by atoms with van der Waals surface area (Å²) in [6, 6.07) is 4.02. The predicted molar refractivity (Wildman–Crippen MR) is 56.7 cm³/mol. The van der Waals surface area contributed by atoms with Gasteiger partial charge in [0, 0.05) is 10.8 Å². The highest BCUT2D eigenvalue weighted by atomic mass is 35.5. The minimum Gasteiger partial charge on any atom is -0.224 e. The third-order valence-electron chi connectivity index (χ3n) is 1.78. The molecule has 0 bridgehead atoms. The second-order valence-electron chi connectivity index (χ2n) is 2.72. The first kappa shape index (κ1) is 9.97. The number of nitrogens with zero attached hydrogens (tertiary/aromatic N) is 1. The molecule has 0 N–H and O–H groups in total. The highest BCUT2D eigenvalue weighted by Crippen LogP contribution is 2.30. The van der Waals surface area contributed by atoms with Crippen LogP contribution in [0.4, 0.5) is 4.39 Å². The lowest BCUT2D eigenvalue weighted by atomic mass is 10.2. The van der Waals surface area contributed by atoms with Crippen molar-refractivity contribution in [2.75, 3.05) is 0 Å². The highest BCUT2D eigenvalue weighted by Gasteiger charge is 2.08. The second kappa shape index (κ2) is 3.54. The van der Waals surface area contributed by atoms with E-state index in [-0.39, 0.29) is 15.3 Å². The van der Waals surface area contributed by atoms with Gasteiger partial charge >= 0.3 is 0 Å². The van der Waals surface area contributed by atoms with Gasteiger partial charge in [-0.15, -0.1) is 0 Å². The van der Waals surface area contributed by atoms with E-state index >= 15 is 0 Å². The quantitative estimate of drug-likeness (QED) is 0.634. The Bertz CT molecular complexity index is 466. The minimum atomic E-state index is -0.450. The van der Waals surface area contributed by atoms with Crippen LogP contribution in [-0.2, 0) is 0 Å². The summed E-state index contributed by atoms with van der Waals surface area (Å²) >= 11 is 17.3. The Labute approximate surface area is 94.4 Å². The summed E-state index contributed by atoms with van der Waals surface area (Å²) in [6.07, 6.45) is 0. The molecule has 0 fully saturated rings. The van der Waals surface area contributed by atoms with Crippen LogP contribution in [0.25, 0.3) is 10.8 Å². The van der Waals surface area contributed by atoms with Crippen molar-refractivity contribution in [2.24, 2.45) is 0 Å². The van der Waals surface area contributed by atoms with E-state index in [9.17, 15) is 4.39 Å². The summed E-state index contributed by atoms with van der Waals surface area (Å²) in [5.74, 6) is -0.450. The number of halogens is 4. The van der Waals surface area contributed by atoms with Crippen LogP contribution in [0, 0.1) is 5.82 Å². The molecule has 0 aliphatic heterocycles. The van der Waals surface area contributed by atoms with E-state index < -0.39 is 5.82 Å². The molecular weight excluding hydrogens is 247 g/mol. The molecule has 1 aromatic heterocycles. The zero-order valence-electron chi connectivity index (χ0n) is 6.69. The number of hydrogen-bond acceptors (Lipinski definition) is 1. The number of aromatic nitrogens is 1. The maximum atomic E-state index is 13.0. The number of hydrogen-bond donors (Lipinski definition) is 0. The molecule has 0 atom stereocenters. The van der Waals surface area contributed by atoms with Crippen molar-refractivity contribution in [2.45, 2.75) is 0 Å². The van der Waals surface area contributed by atoms with Gasteiger partial charge in [-0.2, -0.15) is 0 Å². The molecule has 14 heavy (non-hydrogen) atoms. The lowest BCUT2D eigenvalue weighted by molar-refractivity contribution is 0.630. The predicted octanol–water partition coefficient (Wildman–Crippen LogP) is 4.33. The Balaban J connectivity index is 2.94. The highest BCUT2D eigenvalue weighted by molar-refractivity contribution is 6.40. The van der Waals surface area contributed by atoms with E-state index in [1.807, 2.05) is 0 Å². The van der Waals surface area contributed by atoms with Gasteiger partial charge in [0.1, 0.15) is 16.1 Å². The Morgan fingerprint density at radius 3 is 2.43 bits per heavy atom. The van der Waals surface area contributed by atoms with Crippen LogP contribution in [0.5, 0.6) is 0 Å². The van der Waals surface area contributed by atoms with Gasteiger partial charge in [-0.3, -0.25) is 0 Å². The topological polar surface area (TPSA) is 12.9 Å².